The number of piperidine rings is 1. The minimum atomic E-state index is -0.805. The summed E-state index contributed by atoms with van der Waals surface area (Å²) in [5.74, 6) is 0.598. The van der Waals surface area contributed by atoms with Gasteiger partial charge in [-0.3, -0.25) is 0 Å². The van der Waals surface area contributed by atoms with Crippen molar-refractivity contribution in [2.24, 2.45) is 5.92 Å². The molecule has 3 heteroatoms. The Bertz CT molecular complexity index is 363. The molecule has 0 spiro atoms. The van der Waals surface area contributed by atoms with Gasteiger partial charge in [-0.05, 0) is 24.3 Å². The highest BCUT2D eigenvalue weighted by Crippen LogP contribution is 2.33. The van der Waals surface area contributed by atoms with Gasteiger partial charge < -0.3 is 10.0 Å². The topological polar surface area (TPSA) is 40.5 Å². The fourth-order valence-corrected chi connectivity index (χ4v) is 2.36. The lowest BCUT2D eigenvalue weighted by Gasteiger charge is -2.36. The van der Waals surface area contributed by atoms with E-state index < -0.39 is 6.09 Å². The Morgan fingerprint density at radius 2 is 2.06 bits per heavy atom. The minimum Gasteiger partial charge on any atom is -0.465 e. The molecule has 1 fully saturated rings. The van der Waals surface area contributed by atoms with E-state index in [1.165, 1.54) is 0 Å². The standard InChI is InChI=1S/C13H17NO2/c1-10-7-8-14(13(15)16)12(9-10)11-5-3-2-4-6-11/h2-6,10,12H,7-9H2,1H3,(H,15,16). The second kappa shape index (κ2) is 4.56. The monoisotopic (exact) mass is 219 g/mol. The Hall–Kier alpha value is -1.51. The minimum absolute atomic E-state index is 0.0300. The Balaban J connectivity index is 2.24. The first kappa shape index (κ1) is 11.0. The van der Waals surface area contributed by atoms with Crippen molar-refractivity contribution in [3.05, 3.63) is 35.9 Å². The molecule has 2 unspecified atom stereocenters. The van der Waals surface area contributed by atoms with Gasteiger partial charge in [0.1, 0.15) is 0 Å². The van der Waals surface area contributed by atoms with E-state index in [0.29, 0.717) is 12.5 Å². The van der Waals surface area contributed by atoms with Gasteiger partial charge in [0.2, 0.25) is 0 Å². The van der Waals surface area contributed by atoms with Crippen LogP contribution >= 0.6 is 0 Å². The smallest absolute Gasteiger partial charge is 0.407 e. The second-order valence-corrected chi connectivity index (χ2v) is 4.53. The lowest BCUT2D eigenvalue weighted by atomic mass is 9.89. The van der Waals surface area contributed by atoms with Crippen LogP contribution in [0.25, 0.3) is 0 Å². The molecule has 2 atom stereocenters. The molecule has 2 rings (SSSR count). The molecule has 0 saturated carbocycles. The zero-order valence-electron chi connectivity index (χ0n) is 9.47. The molecule has 1 aliphatic heterocycles. The van der Waals surface area contributed by atoms with Crippen LogP contribution in [0.3, 0.4) is 0 Å². The summed E-state index contributed by atoms with van der Waals surface area (Å²) in [6, 6.07) is 9.95. The van der Waals surface area contributed by atoms with Crippen molar-refractivity contribution < 1.29 is 9.90 Å². The molecule has 1 aromatic carbocycles. The van der Waals surface area contributed by atoms with Crippen molar-refractivity contribution in [2.75, 3.05) is 6.54 Å². The quantitative estimate of drug-likeness (QED) is 0.788. The molecule has 0 radical (unpaired) electrons. The van der Waals surface area contributed by atoms with Crippen LogP contribution in [-0.2, 0) is 0 Å². The van der Waals surface area contributed by atoms with Gasteiger partial charge in [0.05, 0.1) is 6.04 Å². The average Bonchev–Trinajstić information content (AvgIpc) is 2.29. The fraction of sp³-hybridized carbons (Fsp3) is 0.462. The SMILES string of the molecule is CC1CCN(C(=O)O)C(c2ccccc2)C1. The summed E-state index contributed by atoms with van der Waals surface area (Å²) in [6.07, 6.45) is 1.09. The predicted octanol–water partition coefficient (Wildman–Crippen LogP) is 3.14. The van der Waals surface area contributed by atoms with Crippen molar-refractivity contribution >= 4 is 6.09 Å². The molecular weight excluding hydrogens is 202 g/mol. The molecule has 1 amide bonds. The third kappa shape index (κ3) is 2.18. The summed E-state index contributed by atoms with van der Waals surface area (Å²) < 4.78 is 0. The first-order valence-electron chi connectivity index (χ1n) is 5.73. The van der Waals surface area contributed by atoms with Crippen LogP contribution in [0.4, 0.5) is 4.79 Å². The number of benzene rings is 1. The van der Waals surface area contributed by atoms with Crippen LogP contribution in [0, 0.1) is 5.92 Å². The van der Waals surface area contributed by atoms with Crippen molar-refractivity contribution in [3.8, 4) is 0 Å². The van der Waals surface area contributed by atoms with E-state index in [4.69, 9.17) is 0 Å². The first-order chi connectivity index (χ1) is 7.68. The molecule has 16 heavy (non-hydrogen) atoms. The molecule has 1 N–H and O–H groups in total. The Labute approximate surface area is 95.7 Å². The van der Waals surface area contributed by atoms with Gasteiger partial charge in [0.25, 0.3) is 0 Å². The van der Waals surface area contributed by atoms with Crippen LogP contribution in [-0.4, -0.2) is 22.6 Å². The highest BCUT2D eigenvalue weighted by molar-refractivity contribution is 5.66. The zero-order valence-corrected chi connectivity index (χ0v) is 9.47. The highest BCUT2D eigenvalue weighted by atomic mass is 16.4. The molecular formula is C13H17NO2. The van der Waals surface area contributed by atoms with Crippen molar-refractivity contribution in [1.82, 2.24) is 4.90 Å². The van der Waals surface area contributed by atoms with Crippen LogP contribution < -0.4 is 0 Å². The van der Waals surface area contributed by atoms with Gasteiger partial charge in [-0.25, -0.2) is 4.79 Å². The van der Waals surface area contributed by atoms with E-state index in [2.05, 4.69) is 6.92 Å². The normalized spacial score (nSPS) is 25.4. The first-order valence-corrected chi connectivity index (χ1v) is 5.73. The number of likely N-dealkylation sites (tertiary alicyclic amines) is 1. The summed E-state index contributed by atoms with van der Waals surface area (Å²) in [4.78, 5) is 12.7. The number of nitrogens with zero attached hydrogens (tertiary/aromatic N) is 1. The van der Waals surface area contributed by atoms with Crippen LogP contribution in [0.15, 0.2) is 30.3 Å². The zero-order chi connectivity index (χ0) is 11.5. The van der Waals surface area contributed by atoms with Gasteiger partial charge in [-0.1, -0.05) is 37.3 Å². The Morgan fingerprint density at radius 3 is 2.69 bits per heavy atom. The maximum absolute atomic E-state index is 11.2. The van der Waals surface area contributed by atoms with E-state index >= 15 is 0 Å². The third-order valence-corrected chi connectivity index (χ3v) is 3.29. The Morgan fingerprint density at radius 1 is 1.38 bits per heavy atom. The number of amides is 1. The summed E-state index contributed by atoms with van der Waals surface area (Å²) in [5, 5.41) is 9.18. The van der Waals surface area contributed by atoms with Crippen LogP contribution in [0.5, 0.6) is 0 Å². The molecule has 1 aromatic rings. The number of rotatable bonds is 1. The Kier molecular flexibility index (Phi) is 3.13. The van der Waals surface area contributed by atoms with Gasteiger partial charge in [-0.2, -0.15) is 0 Å². The lowest BCUT2D eigenvalue weighted by Crippen LogP contribution is -2.39. The van der Waals surface area contributed by atoms with Gasteiger partial charge in [-0.15, -0.1) is 0 Å². The van der Waals surface area contributed by atoms with E-state index in [1.54, 1.807) is 4.90 Å². The predicted molar refractivity (Wildman–Crippen MR) is 62.3 cm³/mol. The van der Waals surface area contributed by atoms with E-state index in [1.807, 2.05) is 30.3 Å². The molecule has 0 aromatic heterocycles. The summed E-state index contributed by atoms with van der Waals surface area (Å²) >= 11 is 0. The largest absolute Gasteiger partial charge is 0.465 e. The van der Waals surface area contributed by atoms with E-state index in [9.17, 15) is 9.90 Å². The van der Waals surface area contributed by atoms with Gasteiger partial charge in [0.15, 0.2) is 0 Å². The fourth-order valence-electron chi connectivity index (χ4n) is 2.36. The molecule has 86 valence electrons. The number of hydrogen-bond donors (Lipinski definition) is 1. The van der Waals surface area contributed by atoms with E-state index in [-0.39, 0.29) is 6.04 Å². The van der Waals surface area contributed by atoms with Crippen LogP contribution in [0.2, 0.25) is 0 Å². The summed E-state index contributed by atoms with van der Waals surface area (Å²) in [6.45, 7) is 2.84. The van der Waals surface area contributed by atoms with Gasteiger partial charge in [0, 0.05) is 6.54 Å². The summed E-state index contributed by atoms with van der Waals surface area (Å²) in [7, 11) is 0. The van der Waals surface area contributed by atoms with Crippen LogP contribution in [0.1, 0.15) is 31.4 Å². The van der Waals surface area contributed by atoms with Crippen molar-refractivity contribution in [3.63, 3.8) is 0 Å². The molecule has 0 aliphatic carbocycles. The maximum Gasteiger partial charge on any atom is 0.407 e. The number of carbonyl (C=O) groups is 1. The van der Waals surface area contributed by atoms with Crippen molar-refractivity contribution in [2.45, 2.75) is 25.8 Å². The van der Waals surface area contributed by atoms with E-state index in [0.717, 1.165) is 18.4 Å². The molecule has 3 nitrogen and oxygen atoms in total. The number of carboxylic acid groups (broad SMARTS) is 1. The summed E-state index contributed by atoms with van der Waals surface area (Å²) in [5.41, 5.74) is 1.11. The lowest BCUT2D eigenvalue weighted by molar-refractivity contribution is 0.0927. The molecule has 1 heterocycles. The molecule has 0 bridgehead atoms. The third-order valence-electron chi connectivity index (χ3n) is 3.29. The van der Waals surface area contributed by atoms with Crippen molar-refractivity contribution in [1.29, 1.82) is 0 Å². The average molecular weight is 219 g/mol. The van der Waals surface area contributed by atoms with Gasteiger partial charge >= 0.3 is 6.09 Å². The highest BCUT2D eigenvalue weighted by Gasteiger charge is 2.30. The maximum atomic E-state index is 11.2. The second-order valence-electron chi connectivity index (χ2n) is 4.53. The number of hydrogen-bond acceptors (Lipinski definition) is 1. The molecule has 1 aliphatic rings. The molecule has 1 saturated heterocycles.